The van der Waals surface area contributed by atoms with E-state index in [-0.39, 0.29) is 6.10 Å². The first kappa shape index (κ1) is 15.7. The molecular formula is C13H19ClN2O3. The predicted molar refractivity (Wildman–Crippen MR) is 73.1 cm³/mol. The van der Waals surface area contributed by atoms with Crippen LogP contribution in [0.1, 0.15) is 25.8 Å². The second kappa shape index (κ2) is 8.72. The topological polar surface area (TPSA) is 60.5 Å². The minimum atomic E-state index is -0.470. The largest absolute Gasteiger partial charge is 0.444 e. The van der Waals surface area contributed by atoms with Crippen LogP contribution in [0.25, 0.3) is 0 Å². The predicted octanol–water partition coefficient (Wildman–Crippen LogP) is 2.78. The Morgan fingerprint density at radius 1 is 1.53 bits per heavy atom. The number of aromatic nitrogens is 1. The lowest BCUT2D eigenvalue weighted by Crippen LogP contribution is -2.29. The van der Waals surface area contributed by atoms with Crippen LogP contribution in [0.15, 0.2) is 18.3 Å². The average molecular weight is 287 g/mol. The number of hydrogen-bond donors (Lipinski definition) is 1. The van der Waals surface area contributed by atoms with Crippen LogP contribution in [0.3, 0.4) is 0 Å². The van der Waals surface area contributed by atoms with Gasteiger partial charge >= 0.3 is 6.09 Å². The van der Waals surface area contributed by atoms with Crippen molar-refractivity contribution in [2.75, 3.05) is 13.2 Å². The van der Waals surface area contributed by atoms with Crippen LogP contribution >= 0.6 is 11.6 Å². The molecule has 0 saturated carbocycles. The lowest BCUT2D eigenvalue weighted by Gasteiger charge is -2.14. The van der Waals surface area contributed by atoms with E-state index >= 15 is 0 Å². The van der Waals surface area contributed by atoms with Crippen molar-refractivity contribution in [1.82, 2.24) is 10.3 Å². The molecular weight excluding hydrogens is 268 g/mol. The summed E-state index contributed by atoms with van der Waals surface area (Å²) in [6.07, 6.45) is 1.82. The summed E-state index contributed by atoms with van der Waals surface area (Å²) in [5.41, 5.74) is 0.858. The first-order valence-corrected chi connectivity index (χ1v) is 6.62. The molecule has 1 rings (SSSR count). The summed E-state index contributed by atoms with van der Waals surface area (Å²) in [4.78, 5) is 15.4. The van der Waals surface area contributed by atoms with Gasteiger partial charge in [-0.3, -0.25) is 0 Å². The fourth-order valence-corrected chi connectivity index (χ4v) is 1.45. The van der Waals surface area contributed by atoms with Gasteiger partial charge in [-0.05, 0) is 25.0 Å². The van der Waals surface area contributed by atoms with Gasteiger partial charge < -0.3 is 14.8 Å². The summed E-state index contributed by atoms with van der Waals surface area (Å²) in [5.74, 6) is 0. The smallest absolute Gasteiger partial charge is 0.407 e. The molecule has 1 unspecified atom stereocenters. The van der Waals surface area contributed by atoms with Gasteiger partial charge in [0.1, 0.15) is 11.3 Å². The highest BCUT2D eigenvalue weighted by Crippen LogP contribution is 2.05. The Kier molecular flexibility index (Phi) is 7.22. The molecule has 0 aliphatic carbocycles. The van der Waals surface area contributed by atoms with Crippen LogP contribution in [0.5, 0.6) is 0 Å². The van der Waals surface area contributed by atoms with Crippen molar-refractivity contribution < 1.29 is 14.3 Å². The van der Waals surface area contributed by atoms with Gasteiger partial charge in [0, 0.05) is 19.3 Å². The van der Waals surface area contributed by atoms with E-state index in [1.165, 1.54) is 0 Å². The number of alkyl carbamates (subject to hydrolysis) is 1. The van der Waals surface area contributed by atoms with Crippen LogP contribution < -0.4 is 5.32 Å². The van der Waals surface area contributed by atoms with Crippen molar-refractivity contribution in [1.29, 1.82) is 0 Å². The second-order valence-electron chi connectivity index (χ2n) is 4.13. The van der Waals surface area contributed by atoms with Crippen molar-refractivity contribution in [2.45, 2.75) is 32.9 Å². The molecule has 19 heavy (non-hydrogen) atoms. The fraction of sp³-hybridized carbons (Fsp3) is 0.538. The molecule has 1 atom stereocenters. The van der Waals surface area contributed by atoms with Gasteiger partial charge in [-0.2, -0.15) is 0 Å². The van der Waals surface area contributed by atoms with Crippen LogP contribution in [0.4, 0.5) is 4.79 Å². The molecule has 0 bridgehead atoms. The van der Waals surface area contributed by atoms with Crippen molar-refractivity contribution in [3.63, 3.8) is 0 Å². The van der Waals surface area contributed by atoms with Gasteiger partial charge in [-0.25, -0.2) is 9.78 Å². The Bertz CT molecular complexity index is 384. The Labute approximate surface area is 118 Å². The highest BCUT2D eigenvalue weighted by atomic mass is 35.5. The first-order valence-electron chi connectivity index (χ1n) is 6.24. The molecule has 1 N–H and O–H groups in total. The number of nitrogens with zero attached hydrogens (tertiary/aromatic N) is 1. The zero-order valence-corrected chi connectivity index (χ0v) is 11.9. The lowest BCUT2D eigenvalue weighted by atomic mass is 10.3. The molecule has 0 radical (unpaired) electrons. The number of halogens is 1. The quantitative estimate of drug-likeness (QED) is 0.618. The van der Waals surface area contributed by atoms with E-state index in [9.17, 15) is 4.79 Å². The number of amides is 1. The monoisotopic (exact) mass is 286 g/mol. The van der Waals surface area contributed by atoms with E-state index in [1.807, 2.05) is 6.92 Å². The summed E-state index contributed by atoms with van der Waals surface area (Å²) in [5, 5.41) is 3.06. The zero-order chi connectivity index (χ0) is 14.1. The van der Waals surface area contributed by atoms with Gasteiger partial charge in [-0.1, -0.05) is 24.6 Å². The van der Waals surface area contributed by atoms with Gasteiger partial charge in [0.05, 0.1) is 6.61 Å². The van der Waals surface area contributed by atoms with Crippen molar-refractivity contribution in [3.8, 4) is 0 Å². The molecule has 0 saturated heterocycles. The third-order valence-electron chi connectivity index (χ3n) is 2.23. The number of hydrogen-bond acceptors (Lipinski definition) is 4. The SMILES string of the molecule is CCCOCC(C)OC(=O)NCc1ccc(Cl)nc1. The van der Waals surface area contributed by atoms with Crippen molar-refractivity contribution in [3.05, 3.63) is 29.0 Å². The third kappa shape index (κ3) is 6.98. The molecule has 1 aromatic rings. The van der Waals surface area contributed by atoms with Crippen molar-refractivity contribution >= 4 is 17.7 Å². The molecule has 0 aliphatic rings. The highest BCUT2D eigenvalue weighted by Gasteiger charge is 2.09. The third-order valence-corrected chi connectivity index (χ3v) is 2.46. The molecule has 1 heterocycles. The molecule has 106 valence electrons. The first-order chi connectivity index (χ1) is 9.11. The van der Waals surface area contributed by atoms with Crippen LogP contribution in [-0.2, 0) is 16.0 Å². The molecule has 0 spiro atoms. The standard InChI is InChI=1S/C13H19ClN2O3/c1-3-6-18-9-10(2)19-13(17)16-8-11-4-5-12(14)15-7-11/h4-5,7,10H,3,6,8-9H2,1-2H3,(H,16,17). The summed E-state index contributed by atoms with van der Waals surface area (Å²) in [6, 6.07) is 3.47. The molecule has 6 heteroatoms. The van der Waals surface area contributed by atoms with Crippen molar-refractivity contribution in [2.24, 2.45) is 0 Å². The number of carbonyl (C=O) groups excluding carboxylic acids is 1. The summed E-state index contributed by atoms with van der Waals surface area (Å²) in [6.45, 7) is 5.25. The maximum Gasteiger partial charge on any atom is 0.407 e. The Morgan fingerprint density at radius 3 is 2.95 bits per heavy atom. The molecule has 0 aliphatic heterocycles. The van der Waals surface area contributed by atoms with Gasteiger partial charge in [0.2, 0.25) is 0 Å². The molecule has 5 nitrogen and oxygen atoms in total. The molecule has 1 amide bonds. The molecule has 0 aromatic carbocycles. The number of nitrogens with one attached hydrogen (secondary N) is 1. The number of rotatable bonds is 7. The summed E-state index contributed by atoms with van der Waals surface area (Å²) >= 11 is 5.67. The summed E-state index contributed by atoms with van der Waals surface area (Å²) in [7, 11) is 0. The summed E-state index contributed by atoms with van der Waals surface area (Å²) < 4.78 is 10.4. The minimum absolute atomic E-state index is 0.269. The lowest BCUT2D eigenvalue weighted by molar-refractivity contribution is 0.0286. The normalized spacial score (nSPS) is 11.9. The van der Waals surface area contributed by atoms with Gasteiger partial charge in [0.25, 0.3) is 0 Å². The Balaban J connectivity index is 2.22. The maximum atomic E-state index is 11.5. The Hall–Kier alpha value is -1.33. The molecule has 1 aromatic heterocycles. The fourth-order valence-electron chi connectivity index (χ4n) is 1.34. The number of pyridine rings is 1. The number of ether oxygens (including phenoxy) is 2. The van der Waals surface area contributed by atoms with Crippen LogP contribution in [0, 0.1) is 0 Å². The Morgan fingerprint density at radius 2 is 2.32 bits per heavy atom. The van der Waals surface area contributed by atoms with Crippen LogP contribution in [0.2, 0.25) is 5.15 Å². The average Bonchev–Trinajstić information content (AvgIpc) is 2.38. The maximum absolute atomic E-state index is 11.5. The van der Waals surface area contributed by atoms with Gasteiger partial charge in [-0.15, -0.1) is 0 Å². The molecule has 0 fully saturated rings. The van der Waals surface area contributed by atoms with E-state index in [2.05, 4.69) is 10.3 Å². The second-order valence-corrected chi connectivity index (χ2v) is 4.52. The highest BCUT2D eigenvalue weighted by molar-refractivity contribution is 6.29. The van der Waals surface area contributed by atoms with Crippen LogP contribution in [-0.4, -0.2) is 30.4 Å². The van der Waals surface area contributed by atoms with E-state index < -0.39 is 6.09 Å². The number of carbonyl (C=O) groups is 1. The van der Waals surface area contributed by atoms with E-state index in [4.69, 9.17) is 21.1 Å². The van der Waals surface area contributed by atoms with Gasteiger partial charge in [0.15, 0.2) is 0 Å². The zero-order valence-electron chi connectivity index (χ0n) is 11.2. The van der Waals surface area contributed by atoms with E-state index in [0.717, 1.165) is 12.0 Å². The van der Waals surface area contributed by atoms with E-state index in [0.29, 0.717) is 24.9 Å². The van der Waals surface area contributed by atoms with E-state index in [1.54, 1.807) is 25.3 Å². The minimum Gasteiger partial charge on any atom is -0.444 e.